The normalized spacial score (nSPS) is 12.0. The van der Waals surface area contributed by atoms with Gasteiger partial charge < -0.3 is 0 Å². The van der Waals surface area contributed by atoms with Gasteiger partial charge in [-0.05, 0) is 48.5 Å². The smallest absolute Gasteiger partial charge is 0.299 e. The molecule has 0 aliphatic rings. The van der Waals surface area contributed by atoms with E-state index < -0.39 is 15.3 Å². The van der Waals surface area contributed by atoms with Crippen molar-refractivity contribution in [2.75, 3.05) is 0 Å². The second-order valence-corrected chi connectivity index (χ2v) is 7.63. The lowest BCUT2D eigenvalue weighted by Crippen LogP contribution is -2.08. The van der Waals surface area contributed by atoms with Gasteiger partial charge in [0.2, 0.25) is 0 Å². The van der Waals surface area contributed by atoms with Crippen molar-refractivity contribution in [2.45, 2.75) is 5.16 Å². The van der Waals surface area contributed by atoms with Crippen LogP contribution in [0.1, 0.15) is 0 Å². The molecule has 2 heterocycles. The number of aromatic nitrogens is 4. The van der Waals surface area contributed by atoms with E-state index in [0.717, 1.165) is 16.7 Å². The molecule has 0 bridgehead atoms. The monoisotopic (exact) mass is 390 g/mol. The average molecular weight is 390 g/mol. The molecule has 8 heteroatoms. The van der Waals surface area contributed by atoms with Crippen LogP contribution >= 0.6 is 0 Å². The fraction of sp³-hybridized carbons (Fsp3) is 0. The molecule has 1 N–H and O–H groups in total. The van der Waals surface area contributed by atoms with Crippen molar-refractivity contribution in [2.24, 2.45) is 0 Å². The highest BCUT2D eigenvalue weighted by molar-refractivity contribution is 7.85. The predicted molar refractivity (Wildman–Crippen MR) is 106 cm³/mol. The first-order valence-corrected chi connectivity index (χ1v) is 9.94. The van der Waals surface area contributed by atoms with Gasteiger partial charge in [0, 0.05) is 11.4 Å². The summed E-state index contributed by atoms with van der Waals surface area (Å²) in [5, 5.41) is -0.408. The van der Waals surface area contributed by atoms with Gasteiger partial charge in [-0.3, -0.25) is 13.7 Å². The van der Waals surface area contributed by atoms with Gasteiger partial charge in [0.05, 0.1) is 22.1 Å². The number of hydrogen-bond acceptors (Lipinski definition) is 4. The van der Waals surface area contributed by atoms with Gasteiger partial charge in [0.15, 0.2) is 0 Å². The van der Waals surface area contributed by atoms with Gasteiger partial charge in [0.25, 0.3) is 5.16 Å². The summed E-state index contributed by atoms with van der Waals surface area (Å²) in [6, 6.07) is 22.1. The highest BCUT2D eigenvalue weighted by Gasteiger charge is 2.22. The van der Waals surface area contributed by atoms with Crippen molar-refractivity contribution in [3.63, 3.8) is 0 Å². The summed E-state index contributed by atoms with van der Waals surface area (Å²) in [6.45, 7) is 0. The van der Waals surface area contributed by atoms with Crippen LogP contribution in [-0.2, 0) is 10.1 Å². The first-order chi connectivity index (χ1) is 13.5. The Kier molecular flexibility index (Phi) is 3.58. The number of nitrogens with zero attached hydrogens (tertiary/aromatic N) is 4. The molecule has 138 valence electrons. The van der Waals surface area contributed by atoms with E-state index in [-0.39, 0.29) is 0 Å². The molecule has 0 amide bonds. The third-order valence-electron chi connectivity index (χ3n) is 4.60. The Hall–Kier alpha value is -3.49. The van der Waals surface area contributed by atoms with Crippen molar-refractivity contribution in [1.29, 1.82) is 0 Å². The number of para-hydroxylation sites is 4. The van der Waals surface area contributed by atoms with Crippen LogP contribution in [0.25, 0.3) is 33.4 Å². The van der Waals surface area contributed by atoms with Crippen molar-refractivity contribution in [3.05, 3.63) is 79.1 Å². The molecule has 5 aromatic rings. The summed E-state index contributed by atoms with van der Waals surface area (Å²) < 4.78 is 36.7. The third-order valence-corrected chi connectivity index (χ3v) is 5.34. The molecule has 0 fully saturated rings. The molecule has 0 saturated heterocycles. The predicted octanol–water partition coefficient (Wildman–Crippen LogP) is 3.61. The molecular formula is C20H14N4O3S. The van der Waals surface area contributed by atoms with Crippen LogP contribution < -0.4 is 0 Å². The molecule has 5 rings (SSSR count). The second-order valence-electron chi connectivity index (χ2n) is 6.31. The summed E-state index contributed by atoms with van der Waals surface area (Å²) in [5.41, 5.74) is 4.41. The average Bonchev–Trinajstić information content (AvgIpc) is 3.30. The third kappa shape index (κ3) is 2.58. The van der Waals surface area contributed by atoms with E-state index in [1.54, 1.807) is 42.7 Å². The zero-order chi connectivity index (χ0) is 19.3. The number of rotatable bonds is 3. The van der Waals surface area contributed by atoms with Crippen LogP contribution in [0.3, 0.4) is 0 Å². The van der Waals surface area contributed by atoms with Crippen LogP contribution in [0.2, 0.25) is 0 Å². The molecule has 28 heavy (non-hydrogen) atoms. The van der Waals surface area contributed by atoms with E-state index in [1.807, 2.05) is 41.0 Å². The molecule has 0 aliphatic carbocycles. The number of imidazole rings is 2. The topological polar surface area (TPSA) is 90.0 Å². The van der Waals surface area contributed by atoms with Crippen molar-refractivity contribution < 1.29 is 13.0 Å². The van der Waals surface area contributed by atoms with Crippen LogP contribution in [0.5, 0.6) is 0 Å². The SMILES string of the molecule is O=S(=O)(O)c1nc2ccccc2n1-c1ccc(-n2cnc3ccccc32)cc1. The molecule has 7 nitrogen and oxygen atoms in total. The molecule has 2 aromatic heterocycles. The summed E-state index contributed by atoms with van der Waals surface area (Å²) in [5.74, 6) is 0. The fourth-order valence-corrected chi connectivity index (χ4v) is 4.00. The lowest BCUT2D eigenvalue weighted by atomic mass is 10.2. The first-order valence-electron chi connectivity index (χ1n) is 8.50. The molecule has 0 radical (unpaired) electrons. The van der Waals surface area contributed by atoms with E-state index >= 15 is 0 Å². The summed E-state index contributed by atoms with van der Waals surface area (Å²) in [7, 11) is -4.49. The van der Waals surface area contributed by atoms with Gasteiger partial charge >= 0.3 is 10.1 Å². The molecule has 3 aromatic carbocycles. The number of fused-ring (bicyclic) bond motifs is 2. The Morgan fingerprint density at radius 2 is 1.36 bits per heavy atom. The van der Waals surface area contributed by atoms with Gasteiger partial charge in [-0.2, -0.15) is 8.42 Å². The van der Waals surface area contributed by atoms with Gasteiger partial charge in [0.1, 0.15) is 6.33 Å². The maximum atomic E-state index is 11.9. The number of hydrogen-bond donors (Lipinski definition) is 1. The summed E-state index contributed by atoms with van der Waals surface area (Å²) in [4.78, 5) is 8.47. The Balaban J connectivity index is 1.68. The number of benzene rings is 3. The molecule has 0 atom stereocenters. The van der Waals surface area contributed by atoms with Crippen LogP contribution in [0.15, 0.2) is 84.3 Å². The van der Waals surface area contributed by atoms with Crippen molar-refractivity contribution in [1.82, 2.24) is 19.1 Å². The Labute approximate surface area is 160 Å². The van der Waals surface area contributed by atoms with Crippen LogP contribution in [0.4, 0.5) is 0 Å². The molecular weight excluding hydrogens is 376 g/mol. The zero-order valence-corrected chi connectivity index (χ0v) is 15.3. The van der Waals surface area contributed by atoms with Gasteiger partial charge in [-0.25, -0.2) is 9.97 Å². The van der Waals surface area contributed by atoms with E-state index in [9.17, 15) is 13.0 Å². The Bertz CT molecular complexity index is 1430. The first kappa shape index (κ1) is 16.7. The van der Waals surface area contributed by atoms with E-state index in [2.05, 4.69) is 9.97 Å². The molecule has 0 saturated carbocycles. The minimum atomic E-state index is -4.49. The Morgan fingerprint density at radius 3 is 2.07 bits per heavy atom. The second kappa shape index (κ2) is 6.01. The minimum absolute atomic E-state index is 0.408. The van der Waals surface area contributed by atoms with E-state index in [0.29, 0.717) is 16.7 Å². The fourth-order valence-electron chi connectivity index (χ4n) is 3.35. The quantitative estimate of drug-likeness (QED) is 0.475. The highest BCUT2D eigenvalue weighted by Crippen LogP contribution is 2.26. The molecule has 0 spiro atoms. The lowest BCUT2D eigenvalue weighted by molar-refractivity contribution is 0.472. The molecule has 0 unspecified atom stereocenters. The molecule has 0 aliphatic heterocycles. The van der Waals surface area contributed by atoms with E-state index in [4.69, 9.17) is 0 Å². The zero-order valence-electron chi connectivity index (χ0n) is 14.5. The summed E-state index contributed by atoms with van der Waals surface area (Å²) >= 11 is 0. The Morgan fingerprint density at radius 1 is 0.750 bits per heavy atom. The lowest BCUT2D eigenvalue weighted by Gasteiger charge is -2.10. The van der Waals surface area contributed by atoms with Crippen LogP contribution in [0, 0.1) is 0 Å². The van der Waals surface area contributed by atoms with Crippen LogP contribution in [-0.4, -0.2) is 32.1 Å². The van der Waals surface area contributed by atoms with Gasteiger partial charge in [-0.15, -0.1) is 0 Å². The largest absolute Gasteiger partial charge is 0.329 e. The van der Waals surface area contributed by atoms with Crippen molar-refractivity contribution in [3.8, 4) is 11.4 Å². The van der Waals surface area contributed by atoms with Crippen molar-refractivity contribution >= 4 is 32.2 Å². The van der Waals surface area contributed by atoms with Gasteiger partial charge in [-0.1, -0.05) is 24.3 Å². The highest BCUT2D eigenvalue weighted by atomic mass is 32.2. The standard InChI is InChI=1S/C20H14N4O3S/c25-28(26,27)20-22-17-6-2-4-8-19(17)24(20)15-11-9-14(10-12-15)23-13-21-16-5-1-3-7-18(16)23/h1-13H,(H,25,26,27). The van der Waals surface area contributed by atoms with E-state index in [1.165, 1.54) is 4.57 Å². The summed E-state index contributed by atoms with van der Waals surface area (Å²) in [6.07, 6.45) is 1.75. The minimum Gasteiger partial charge on any atom is -0.299 e. The maximum absolute atomic E-state index is 11.9. The maximum Gasteiger partial charge on any atom is 0.329 e.